The maximum atomic E-state index is 13.9. The predicted molar refractivity (Wildman–Crippen MR) is 176 cm³/mol. The van der Waals surface area contributed by atoms with Crippen LogP contribution in [-0.2, 0) is 24.1 Å². The summed E-state index contributed by atoms with van der Waals surface area (Å²) >= 11 is 0. The Bertz CT molecular complexity index is 1390. The van der Waals surface area contributed by atoms with E-state index in [1.54, 1.807) is 23.1 Å². The van der Waals surface area contributed by atoms with E-state index < -0.39 is 29.7 Å². The van der Waals surface area contributed by atoms with E-state index in [1.807, 2.05) is 32.9 Å². The van der Waals surface area contributed by atoms with Crippen LogP contribution in [-0.4, -0.2) is 48.6 Å². The van der Waals surface area contributed by atoms with Crippen LogP contribution >= 0.6 is 0 Å². The van der Waals surface area contributed by atoms with E-state index in [0.717, 1.165) is 42.9 Å². The third-order valence-corrected chi connectivity index (χ3v) is 7.64. The van der Waals surface area contributed by atoms with Crippen molar-refractivity contribution in [2.75, 3.05) is 19.6 Å². The Morgan fingerprint density at radius 3 is 2.18 bits per heavy atom. The van der Waals surface area contributed by atoms with Crippen LogP contribution in [0, 0.1) is 24.5 Å². The largest absolute Gasteiger partial charge is 0.456 e. The fourth-order valence-electron chi connectivity index (χ4n) is 5.39. The first-order valence-electron chi connectivity index (χ1n) is 16.1. The van der Waals surface area contributed by atoms with E-state index >= 15 is 0 Å². The van der Waals surface area contributed by atoms with Gasteiger partial charge in [0.05, 0.1) is 5.56 Å². The number of nitrogens with two attached hydrogens (primary N) is 1. The third-order valence-electron chi connectivity index (χ3n) is 7.64. The van der Waals surface area contributed by atoms with Crippen LogP contribution in [0.1, 0.15) is 89.9 Å². The van der Waals surface area contributed by atoms with Gasteiger partial charge in [-0.2, -0.15) is 0 Å². The number of halogens is 2. The normalized spacial score (nSPS) is 12.6. The molecule has 3 aromatic rings. The second-order valence-electron chi connectivity index (χ2n) is 12.4. The molecular formula is C37H49F2N3O3. The number of rotatable bonds is 17. The topological polar surface area (TPSA) is 84.7 Å². The summed E-state index contributed by atoms with van der Waals surface area (Å²) in [5, 5.41) is 3.36. The first-order valence-corrected chi connectivity index (χ1v) is 16.1. The minimum absolute atomic E-state index is 0.0968. The molecule has 2 atom stereocenters. The van der Waals surface area contributed by atoms with Crippen molar-refractivity contribution >= 4 is 11.9 Å². The molecule has 0 saturated carbocycles. The quantitative estimate of drug-likeness (QED) is 0.159. The maximum absolute atomic E-state index is 13.9. The molecule has 244 valence electrons. The summed E-state index contributed by atoms with van der Waals surface area (Å²) in [6, 6.07) is 15.9. The molecule has 0 spiro atoms. The van der Waals surface area contributed by atoms with Crippen LogP contribution in [0.4, 0.5) is 8.78 Å². The molecule has 45 heavy (non-hydrogen) atoms. The minimum Gasteiger partial charge on any atom is -0.456 e. The van der Waals surface area contributed by atoms with Gasteiger partial charge < -0.3 is 20.7 Å². The zero-order chi connectivity index (χ0) is 32.9. The molecule has 0 bridgehead atoms. The Kier molecular flexibility index (Phi) is 14.2. The summed E-state index contributed by atoms with van der Waals surface area (Å²) < 4.78 is 33.8. The molecule has 0 radical (unpaired) electrons. The van der Waals surface area contributed by atoms with Crippen LogP contribution in [0.5, 0.6) is 0 Å². The lowest BCUT2D eigenvalue weighted by Crippen LogP contribution is -2.46. The highest BCUT2D eigenvalue weighted by molar-refractivity contribution is 5.98. The summed E-state index contributed by atoms with van der Waals surface area (Å²) in [5.41, 5.74) is 10.7. The van der Waals surface area contributed by atoms with E-state index in [2.05, 4.69) is 31.3 Å². The Labute approximate surface area is 267 Å². The van der Waals surface area contributed by atoms with Crippen molar-refractivity contribution in [2.24, 2.45) is 11.7 Å². The second kappa shape index (κ2) is 17.8. The predicted octanol–water partition coefficient (Wildman–Crippen LogP) is 7.01. The smallest absolute Gasteiger partial charge is 0.338 e. The first kappa shape index (κ1) is 35.9. The molecule has 1 amide bonds. The monoisotopic (exact) mass is 621 g/mol. The van der Waals surface area contributed by atoms with Gasteiger partial charge in [-0.05, 0) is 97.5 Å². The number of hydrogen-bond acceptors (Lipinski definition) is 5. The lowest BCUT2D eigenvalue weighted by Gasteiger charge is -2.25. The van der Waals surface area contributed by atoms with E-state index in [1.165, 1.54) is 17.7 Å². The van der Waals surface area contributed by atoms with E-state index in [9.17, 15) is 18.4 Å². The van der Waals surface area contributed by atoms with Crippen LogP contribution in [0.2, 0.25) is 0 Å². The average molecular weight is 622 g/mol. The lowest BCUT2D eigenvalue weighted by atomic mass is 10.0. The highest BCUT2D eigenvalue weighted by Gasteiger charge is 2.25. The highest BCUT2D eigenvalue weighted by atomic mass is 19.1. The summed E-state index contributed by atoms with van der Waals surface area (Å²) in [5.74, 6) is -1.52. The van der Waals surface area contributed by atoms with E-state index in [0.29, 0.717) is 36.7 Å². The Balaban J connectivity index is 1.79. The maximum Gasteiger partial charge on any atom is 0.338 e. The molecule has 0 saturated heterocycles. The number of esters is 1. The number of ether oxygens (including phenoxy) is 1. The van der Waals surface area contributed by atoms with Gasteiger partial charge in [0.15, 0.2) is 0 Å². The van der Waals surface area contributed by atoms with Gasteiger partial charge in [-0.3, -0.25) is 4.79 Å². The van der Waals surface area contributed by atoms with Crippen LogP contribution in [0.3, 0.4) is 0 Å². The number of carbonyl (C=O) groups is 2. The number of nitrogens with one attached hydrogen (secondary N) is 1. The fourth-order valence-corrected chi connectivity index (χ4v) is 5.39. The molecule has 0 aromatic heterocycles. The number of hydrogen-bond donors (Lipinski definition) is 2. The third kappa shape index (κ3) is 11.7. The van der Waals surface area contributed by atoms with Gasteiger partial charge >= 0.3 is 5.97 Å². The van der Waals surface area contributed by atoms with Crippen molar-refractivity contribution in [3.8, 4) is 0 Å². The summed E-state index contributed by atoms with van der Waals surface area (Å²) in [7, 11) is 0. The van der Waals surface area contributed by atoms with Crippen molar-refractivity contribution < 1.29 is 23.1 Å². The van der Waals surface area contributed by atoms with Crippen molar-refractivity contribution in [2.45, 2.75) is 85.4 Å². The van der Waals surface area contributed by atoms with Gasteiger partial charge in [0.25, 0.3) is 5.91 Å². The molecule has 6 nitrogen and oxygen atoms in total. The standard InChI is InChI=1S/C37H49F2N3O3/c1-6-13-42(14-7-2)36(43)30-15-26(5)16-31(21-30)37(44)45-35(34(40)20-29-18-32(38)22-33(39)19-29)24-41-23-28-10-8-9-27(17-28)12-11-25(3)4/h8-10,15-19,21-22,25,34-35,41H,6-7,11-14,20,23-24,40H2,1-5H3/t34-,35+/m0/s1. The number of carbonyl (C=O) groups excluding carboxylic acids is 2. The van der Waals surface area contributed by atoms with Crippen LogP contribution < -0.4 is 11.1 Å². The molecule has 0 aliphatic rings. The van der Waals surface area contributed by atoms with Crippen LogP contribution in [0.15, 0.2) is 60.7 Å². The molecule has 0 aliphatic heterocycles. The average Bonchev–Trinajstić information content (AvgIpc) is 2.98. The van der Waals surface area contributed by atoms with Gasteiger partial charge in [-0.1, -0.05) is 52.0 Å². The van der Waals surface area contributed by atoms with Gasteiger partial charge in [0.1, 0.15) is 17.7 Å². The summed E-state index contributed by atoms with van der Waals surface area (Å²) in [6.45, 7) is 12.3. The fraction of sp³-hybridized carbons (Fsp3) is 0.459. The molecule has 8 heteroatoms. The number of nitrogens with zero attached hydrogens (tertiary/aromatic N) is 1. The van der Waals surface area contributed by atoms with Crippen molar-refractivity contribution in [1.82, 2.24) is 10.2 Å². The highest BCUT2D eigenvalue weighted by Crippen LogP contribution is 2.18. The van der Waals surface area contributed by atoms with Crippen molar-refractivity contribution in [3.05, 3.63) is 106 Å². The molecule has 3 aromatic carbocycles. The number of aryl methyl sites for hydroxylation is 2. The van der Waals surface area contributed by atoms with Gasteiger partial charge in [0, 0.05) is 43.9 Å². The molecule has 3 N–H and O–H groups in total. The van der Waals surface area contributed by atoms with Gasteiger partial charge in [-0.15, -0.1) is 0 Å². The number of benzene rings is 3. The molecule has 3 rings (SSSR count). The van der Waals surface area contributed by atoms with Crippen molar-refractivity contribution in [3.63, 3.8) is 0 Å². The zero-order valence-electron chi connectivity index (χ0n) is 27.4. The van der Waals surface area contributed by atoms with Crippen molar-refractivity contribution in [1.29, 1.82) is 0 Å². The molecule has 0 unspecified atom stereocenters. The van der Waals surface area contributed by atoms with Crippen LogP contribution in [0.25, 0.3) is 0 Å². The summed E-state index contributed by atoms with van der Waals surface area (Å²) in [4.78, 5) is 28.6. The Morgan fingerprint density at radius 2 is 1.53 bits per heavy atom. The minimum atomic E-state index is -0.815. The SMILES string of the molecule is CCCN(CCC)C(=O)c1cc(C)cc(C(=O)O[C@H](CNCc2cccc(CCC(C)C)c2)[C@@H](N)Cc2cc(F)cc(F)c2)c1. The Morgan fingerprint density at radius 1 is 0.889 bits per heavy atom. The lowest BCUT2D eigenvalue weighted by molar-refractivity contribution is 0.0238. The Hall–Kier alpha value is -3.62. The van der Waals surface area contributed by atoms with Gasteiger partial charge in [-0.25, -0.2) is 13.6 Å². The zero-order valence-corrected chi connectivity index (χ0v) is 27.4. The molecular weight excluding hydrogens is 572 g/mol. The number of amides is 1. The van der Waals surface area contributed by atoms with Gasteiger partial charge in [0.2, 0.25) is 0 Å². The van der Waals surface area contributed by atoms with E-state index in [4.69, 9.17) is 10.5 Å². The second-order valence-corrected chi connectivity index (χ2v) is 12.4. The molecule has 0 fully saturated rings. The summed E-state index contributed by atoms with van der Waals surface area (Å²) in [6.07, 6.45) is 3.04. The van der Waals surface area contributed by atoms with E-state index in [-0.39, 0.29) is 24.4 Å². The first-order chi connectivity index (χ1) is 21.5. The molecule has 0 heterocycles. The molecule has 0 aliphatic carbocycles.